The second-order valence-electron chi connectivity index (χ2n) is 4.85. The highest BCUT2D eigenvalue weighted by Crippen LogP contribution is 2.31. The monoisotopic (exact) mass is 416 g/mol. The first-order chi connectivity index (χ1) is 9.61. The van der Waals surface area contributed by atoms with Crippen molar-refractivity contribution in [2.45, 2.75) is 23.8 Å². The maximum Gasteiger partial charge on any atom is 0.242 e. The molecule has 10 heteroatoms. The normalized spacial score (nSPS) is 19.5. The summed E-state index contributed by atoms with van der Waals surface area (Å²) in [5.41, 5.74) is 5.90. The van der Waals surface area contributed by atoms with E-state index in [1.807, 2.05) is 0 Å². The first-order valence-corrected chi connectivity index (χ1v) is 10.6. The molecule has 1 saturated heterocycles. The van der Waals surface area contributed by atoms with Crippen molar-refractivity contribution in [3.05, 3.63) is 21.6 Å². The summed E-state index contributed by atoms with van der Waals surface area (Å²) < 4.78 is 50.2. The molecule has 0 aliphatic carbocycles. The van der Waals surface area contributed by atoms with Crippen LogP contribution in [0.5, 0.6) is 0 Å². The van der Waals surface area contributed by atoms with Crippen LogP contribution in [0.25, 0.3) is 0 Å². The minimum absolute atomic E-state index is 0.0148. The van der Waals surface area contributed by atoms with E-state index in [0.717, 1.165) is 0 Å². The minimum Gasteiger partial charge on any atom is -0.398 e. The number of rotatable bonds is 3. The van der Waals surface area contributed by atoms with Crippen molar-refractivity contribution in [2.75, 3.05) is 17.2 Å². The van der Waals surface area contributed by atoms with E-state index < -0.39 is 25.9 Å². The molecule has 6 nitrogen and oxygen atoms in total. The van der Waals surface area contributed by atoms with Gasteiger partial charge >= 0.3 is 0 Å². The van der Waals surface area contributed by atoms with Gasteiger partial charge in [0.25, 0.3) is 0 Å². The fourth-order valence-electron chi connectivity index (χ4n) is 2.07. The summed E-state index contributed by atoms with van der Waals surface area (Å²) in [5.74, 6) is -0.0297. The van der Waals surface area contributed by atoms with Gasteiger partial charge in [-0.25, -0.2) is 21.6 Å². The molecule has 118 valence electrons. The Morgan fingerprint density at radius 1 is 1.29 bits per heavy atom. The molecule has 3 N–H and O–H groups in total. The van der Waals surface area contributed by atoms with Gasteiger partial charge in [0.2, 0.25) is 10.0 Å². The molecule has 1 aromatic carbocycles. The van der Waals surface area contributed by atoms with Crippen LogP contribution in [0.4, 0.5) is 5.69 Å². The zero-order chi connectivity index (χ0) is 15.8. The van der Waals surface area contributed by atoms with E-state index in [2.05, 4.69) is 20.7 Å². The lowest BCUT2D eigenvalue weighted by molar-refractivity contribution is 0.505. The van der Waals surface area contributed by atoms with Crippen LogP contribution in [0, 0.1) is 0 Å². The van der Waals surface area contributed by atoms with Gasteiger partial charge in [-0.2, -0.15) is 0 Å². The molecule has 1 aliphatic heterocycles. The van der Waals surface area contributed by atoms with Gasteiger partial charge in [-0.05, 0) is 40.9 Å². The van der Waals surface area contributed by atoms with E-state index in [4.69, 9.17) is 17.3 Å². The van der Waals surface area contributed by atoms with Gasteiger partial charge in [-0.15, -0.1) is 0 Å². The van der Waals surface area contributed by atoms with Crippen molar-refractivity contribution in [3.63, 3.8) is 0 Å². The van der Waals surface area contributed by atoms with Crippen LogP contribution in [-0.4, -0.2) is 34.4 Å². The Morgan fingerprint density at radius 3 is 2.43 bits per heavy atom. The first kappa shape index (κ1) is 17.0. The second kappa shape index (κ2) is 6.04. The quantitative estimate of drug-likeness (QED) is 0.726. The second-order valence-corrected chi connectivity index (χ2v) is 10.1. The average Bonchev–Trinajstić information content (AvgIpc) is 2.36. The number of sulfonamides is 1. The fraction of sp³-hybridized carbons (Fsp3) is 0.455. The number of benzene rings is 1. The molecular formula is C11H14BrClN2O4S2. The van der Waals surface area contributed by atoms with Gasteiger partial charge in [0.1, 0.15) is 9.84 Å². The molecule has 1 aromatic rings. The Kier molecular flexibility index (Phi) is 4.89. The van der Waals surface area contributed by atoms with Crippen molar-refractivity contribution in [3.8, 4) is 0 Å². The Labute approximate surface area is 137 Å². The molecule has 0 atom stereocenters. The lowest BCUT2D eigenvalue weighted by atomic mass is 10.2. The summed E-state index contributed by atoms with van der Waals surface area (Å²) >= 11 is 8.97. The van der Waals surface area contributed by atoms with Crippen molar-refractivity contribution in [1.82, 2.24) is 4.72 Å². The summed E-state index contributed by atoms with van der Waals surface area (Å²) in [6, 6.07) is 2.33. The highest BCUT2D eigenvalue weighted by atomic mass is 79.9. The Hall–Kier alpha value is -0.350. The molecule has 1 heterocycles. The molecular weight excluding hydrogens is 404 g/mol. The third kappa shape index (κ3) is 4.10. The van der Waals surface area contributed by atoms with Gasteiger partial charge < -0.3 is 5.73 Å². The van der Waals surface area contributed by atoms with Crippen LogP contribution >= 0.6 is 27.5 Å². The van der Waals surface area contributed by atoms with Crippen LogP contribution in [0.1, 0.15) is 12.8 Å². The maximum atomic E-state index is 12.4. The van der Waals surface area contributed by atoms with E-state index in [0.29, 0.717) is 0 Å². The summed E-state index contributed by atoms with van der Waals surface area (Å²) in [6.45, 7) is 0. The van der Waals surface area contributed by atoms with Crippen molar-refractivity contribution >= 4 is 53.1 Å². The zero-order valence-electron chi connectivity index (χ0n) is 10.8. The van der Waals surface area contributed by atoms with Crippen LogP contribution in [-0.2, 0) is 19.9 Å². The molecule has 0 unspecified atom stereocenters. The molecule has 0 saturated carbocycles. The molecule has 1 aliphatic rings. The predicted octanol–water partition coefficient (Wildman–Crippen LogP) is 1.54. The lowest BCUT2D eigenvalue weighted by Gasteiger charge is -2.23. The summed E-state index contributed by atoms with van der Waals surface area (Å²) in [5, 5.41) is 0.210. The van der Waals surface area contributed by atoms with E-state index in [1.54, 1.807) is 0 Å². The number of nitrogens with two attached hydrogens (primary N) is 1. The van der Waals surface area contributed by atoms with Gasteiger partial charge in [0.05, 0.1) is 20.9 Å². The number of anilines is 1. The van der Waals surface area contributed by atoms with Gasteiger partial charge in [-0.3, -0.25) is 0 Å². The molecule has 0 amide bonds. The number of hydrogen-bond donors (Lipinski definition) is 2. The summed E-state index contributed by atoms with van der Waals surface area (Å²) in [7, 11) is -6.87. The predicted molar refractivity (Wildman–Crippen MR) is 85.6 cm³/mol. The van der Waals surface area contributed by atoms with Gasteiger partial charge in [-0.1, -0.05) is 11.6 Å². The highest BCUT2D eigenvalue weighted by Gasteiger charge is 2.29. The number of hydrogen-bond acceptors (Lipinski definition) is 5. The standard InChI is InChI=1S/C11H14BrClN2O4S2/c12-11-9(14)5-7(13)6-10(11)21(18,19)15-8-1-3-20(16,17)4-2-8/h5-6,8,15H,1-4,14H2. The average molecular weight is 418 g/mol. The maximum absolute atomic E-state index is 12.4. The first-order valence-electron chi connectivity index (χ1n) is 6.08. The third-order valence-corrected chi connectivity index (χ3v) is 7.82. The summed E-state index contributed by atoms with van der Waals surface area (Å²) in [4.78, 5) is -0.0547. The van der Waals surface area contributed by atoms with Gasteiger partial charge in [0, 0.05) is 16.8 Å². The topological polar surface area (TPSA) is 106 Å². The fourth-order valence-corrected chi connectivity index (χ4v) is 6.16. The Balaban J connectivity index is 2.24. The molecule has 0 spiro atoms. The highest BCUT2D eigenvalue weighted by molar-refractivity contribution is 9.10. The van der Waals surface area contributed by atoms with Crippen molar-refractivity contribution in [2.24, 2.45) is 0 Å². The van der Waals surface area contributed by atoms with E-state index in [9.17, 15) is 16.8 Å². The Morgan fingerprint density at radius 2 is 1.86 bits per heavy atom. The van der Waals surface area contributed by atoms with Crippen LogP contribution in [0.2, 0.25) is 5.02 Å². The van der Waals surface area contributed by atoms with Crippen LogP contribution in [0.3, 0.4) is 0 Å². The van der Waals surface area contributed by atoms with Crippen molar-refractivity contribution in [1.29, 1.82) is 0 Å². The molecule has 0 bridgehead atoms. The third-order valence-electron chi connectivity index (χ3n) is 3.20. The SMILES string of the molecule is Nc1cc(Cl)cc(S(=O)(=O)NC2CCS(=O)(=O)CC2)c1Br. The number of nitrogen functional groups attached to an aromatic ring is 1. The summed E-state index contributed by atoms with van der Waals surface area (Å²) in [6.07, 6.45) is 0.518. The van der Waals surface area contributed by atoms with E-state index in [1.165, 1.54) is 12.1 Å². The van der Waals surface area contributed by atoms with Crippen molar-refractivity contribution < 1.29 is 16.8 Å². The van der Waals surface area contributed by atoms with E-state index >= 15 is 0 Å². The molecule has 2 rings (SSSR count). The molecule has 0 aromatic heterocycles. The van der Waals surface area contributed by atoms with Gasteiger partial charge in [0.15, 0.2) is 0 Å². The van der Waals surface area contributed by atoms with Crippen LogP contribution < -0.4 is 10.5 Å². The lowest BCUT2D eigenvalue weighted by Crippen LogP contribution is -2.40. The smallest absolute Gasteiger partial charge is 0.242 e. The Bertz CT molecular complexity index is 751. The largest absolute Gasteiger partial charge is 0.398 e. The number of halogens is 2. The number of sulfone groups is 1. The minimum atomic E-state index is -3.83. The zero-order valence-corrected chi connectivity index (χ0v) is 14.8. The van der Waals surface area contributed by atoms with Crippen LogP contribution in [0.15, 0.2) is 21.5 Å². The molecule has 1 fully saturated rings. The molecule has 21 heavy (non-hydrogen) atoms. The number of nitrogens with one attached hydrogen (secondary N) is 1. The van der Waals surface area contributed by atoms with E-state index in [-0.39, 0.29) is 44.4 Å². The molecule has 0 radical (unpaired) electrons.